The Bertz CT molecular complexity index is 254. The van der Waals surface area contributed by atoms with Crippen molar-refractivity contribution in [2.45, 2.75) is 11.9 Å². The molecule has 0 spiro atoms. The number of halogens is 1. The van der Waals surface area contributed by atoms with E-state index in [9.17, 15) is 0 Å². The first-order valence-electron chi connectivity index (χ1n) is 3.92. The smallest absolute Gasteiger partial charge is 0.193 e. The molecule has 0 saturated heterocycles. The molecular weight excluding hydrogens is 210 g/mol. The predicted octanol–water partition coefficient (Wildman–Crippen LogP) is 1.49. The lowest BCUT2D eigenvalue weighted by atomic mass is 10.4. The van der Waals surface area contributed by atoms with E-state index >= 15 is 0 Å². The highest BCUT2D eigenvalue weighted by Crippen LogP contribution is 2.18. The number of rotatable bonds is 5. The molecule has 1 aromatic rings. The van der Waals surface area contributed by atoms with E-state index in [1.807, 2.05) is 6.07 Å². The van der Waals surface area contributed by atoms with E-state index in [1.54, 1.807) is 17.8 Å². The van der Waals surface area contributed by atoms with Crippen molar-refractivity contribution in [1.29, 1.82) is 0 Å². The molecule has 0 amide bonds. The highest BCUT2D eigenvalue weighted by atomic mass is 35.5. The Morgan fingerprint density at radius 1 is 1.62 bits per heavy atom. The van der Waals surface area contributed by atoms with Crippen molar-refractivity contribution < 1.29 is 9.52 Å². The van der Waals surface area contributed by atoms with Gasteiger partial charge in [-0.25, -0.2) is 0 Å². The number of nitrogens with two attached hydrogens (primary N) is 1. The standard InChI is InChI=1S/C8H12ClNO2S/c9-8-2-1-7(12-8)5-13-4-6(11)3-10/h1-2,6,11H,3-5,10H2. The van der Waals surface area contributed by atoms with E-state index in [1.165, 1.54) is 0 Å². The van der Waals surface area contributed by atoms with Crippen LogP contribution in [0.5, 0.6) is 0 Å². The van der Waals surface area contributed by atoms with Crippen LogP contribution >= 0.6 is 23.4 Å². The van der Waals surface area contributed by atoms with E-state index < -0.39 is 6.10 Å². The second-order valence-corrected chi connectivity index (χ2v) is 4.01. The molecule has 0 aliphatic carbocycles. The van der Waals surface area contributed by atoms with Crippen molar-refractivity contribution in [3.8, 4) is 0 Å². The van der Waals surface area contributed by atoms with Crippen molar-refractivity contribution in [2.24, 2.45) is 5.73 Å². The van der Waals surface area contributed by atoms with Crippen LogP contribution < -0.4 is 5.73 Å². The van der Waals surface area contributed by atoms with Crippen molar-refractivity contribution in [3.63, 3.8) is 0 Å². The van der Waals surface area contributed by atoms with Gasteiger partial charge in [0.1, 0.15) is 5.76 Å². The molecule has 1 atom stereocenters. The van der Waals surface area contributed by atoms with Crippen LogP contribution in [0.15, 0.2) is 16.5 Å². The molecule has 3 nitrogen and oxygen atoms in total. The number of thioether (sulfide) groups is 1. The quantitative estimate of drug-likeness (QED) is 0.791. The molecule has 0 saturated carbocycles. The zero-order chi connectivity index (χ0) is 9.68. The third-order valence-electron chi connectivity index (χ3n) is 1.46. The first-order valence-corrected chi connectivity index (χ1v) is 5.45. The Kier molecular flexibility index (Phi) is 4.66. The molecule has 0 fully saturated rings. The van der Waals surface area contributed by atoms with Crippen LogP contribution in [0.4, 0.5) is 0 Å². The van der Waals surface area contributed by atoms with Crippen LogP contribution in [0.1, 0.15) is 5.76 Å². The fourth-order valence-corrected chi connectivity index (χ4v) is 1.84. The Morgan fingerprint density at radius 3 is 2.92 bits per heavy atom. The molecule has 1 unspecified atom stereocenters. The number of aliphatic hydroxyl groups excluding tert-OH is 1. The molecule has 0 bridgehead atoms. The Hall–Kier alpha value is -0.160. The number of aliphatic hydroxyl groups is 1. The van der Waals surface area contributed by atoms with E-state index in [0.29, 0.717) is 23.3 Å². The fraction of sp³-hybridized carbons (Fsp3) is 0.500. The minimum absolute atomic E-state index is 0.298. The van der Waals surface area contributed by atoms with Gasteiger partial charge in [0.25, 0.3) is 0 Å². The van der Waals surface area contributed by atoms with Gasteiger partial charge in [-0.2, -0.15) is 11.8 Å². The second-order valence-electron chi connectivity index (χ2n) is 2.61. The van der Waals surface area contributed by atoms with Gasteiger partial charge >= 0.3 is 0 Å². The van der Waals surface area contributed by atoms with Crippen molar-refractivity contribution in [3.05, 3.63) is 23.1 Å². The van der Waals surface area contributed by atoms with Crippen molar-refractivity contribution in [1.82, 2.24) is 0 Å². The van der Waals surface area contributed by atoms with Crippen LogP contribution in [0.3, 0.4) is 0 Å². The molecule has 1 rings (SSSR count). The summed E-state index contributed by atoms with van der Waals surface area (Å²) in [6.45, 7) is 0.298. The maximum absolute atomic E-state index is 9.14. The summed E-state index contributed by atoms with van der Waals surface area (Å²) in [6.07, 6.45) is -0.435. The van der Waals surface area contributed by atoms with E-state index in [4.69, 9.17) is 26.9 Å². The van der Waals surface area contributed by atoms with E-state index in [2.05, 4.69) is 0 Å². The molecule has 5 heteroatoms. The fourth-order valence-electron chi connectivity index (χ4n) is 0.793. The highest BCUT2D eigenvalue weighted by molar-refractivity contribution is 7.98. The van der Waals surface area contributed by atoms with Gasteiger partial charge in [0.05, 0.1) is 11.9 Å². The summed E-state index contributed by atoms with van der Waals surface area (Å²) in [7, 11) is 0. The number of furan rings is 1. The van der Waals surface area contributed by atoms with E-state index in [0.717, 1.165) is 5.76 Å². The van der Waals surface area contributed by atoms with Gasteiger partial charge in [0.15, 0.2) is 5.22 Å². The summed E-state index contributed by atoms with van der Waals surface area (Å²) in [5, 5.41) is 9.54. The summed E-state index contributed by atoms with van der Waals surface area (Å²) in [5.74, 6) is 2.15. The van der Waals surface area contributed by atoms with Gasteiger partial charge in [0, 0.05) is 12.3 Å². The summed E-state index contributed by atoms with van der Waals surface area (Å²) < 4.78 is 5.13. The molecule has 0 aromatic carbocycles. The molecular formula is C8H12ClNO2S. The van der Waals surface area contributed by atoms with Gasteiger partial charge in [-0.1, -0.05) is 0 Å². The Labute approximate surface area is 86.2 Å². The lowest BCUT2D eigenvalue weighted by molar-refractivity contribution is 0.208. The summed E-state index contributed by atoms with van der Waals surface area (Å²) in [6, 6.07) is 3.53. The molecule has 0 radical (unpaired) electrons. The van der Waals surface area contributed by atoms with Gasteiger partial charge in [-0.05, 0) is 23.7 Å². The lowest BCUT2D eigenvalue weighted by Gasteiger charge is -2.04. The molecule has 1 aromatic heterocycles. The minimum Gasteiger partial charge on any atom is -0.449 e. The van der Waals surface area contributed by atoms with Crippen molar-refractivity contribution >= 4 is 23.4 Å². The lowest BCUT2D eigenvalue weighted by Crippen LogP contribution is -2.21. The largest absolute Gasteiger partial charge is 0.449 e. The maximum Gasteiger partial charge on any atom is 0.193 e. The van der Waals surface area contributed by atoms with Crippen LogP contribution in [0.25, 0.3) is 0 Å². The van der Waals surface area contributed by atoms with Crippen LogP contribution in [0.2, 0.25) is 5.22 Å². The third kappa shape index (κ3) is 4.04. The normalized spacial score (nSPS) is 13.2. The number of hydrogen-bond donors (Lipinski definition) is 2. The first kappa shape index (κ1) is 10.9. The predicted molar refractivity (Wildman–Crippen MR) is 54.9 cm³/mol. The SMILES string of the molecule is NCC(O)CSCc1ccc(Cl)o1. The monoisotopic (exact) mass is 221 g/mol. The molecule has 1 heterocycles. The van der Waals surface area contributed by atoms with Gasteiger partial charge < -0.3 is 15.3 Å². The average Bonchev–Trinajstić information content (AvgIpc) is 2.51. The third-order valence-corrected chi connectivity index (χ3v) is 2.77. The Morgan fingerprint density at radius 2 is 2.38 bits per heavy atom. The van der Waals surface area contributed by atoms with Gasteiger partial charge in [0.2, 0.25) is 0 Å². The van der Waals surface area contributed by atoms with Crippen LogP contribution in [-0.2, 0) is 5.75 Å². The zero-order valence-corrected chi connectivity index (χ0v) is 8.64. The maximum atomic E-state index is 9.14. The molecule has 74 valence electrons. The van der Waals surface area contributed by atoms with Crippen LogP contribution in [-0.4, -0.2) is 23.5 Å². The number of hydrogen-bond acceptors (Lipinski definition) is 4. The second kappa shape index (κ2) is 5.54. The molecule has 0 aliphatic heterocycles. The molecule has 3 N–H and O–H groups in total. The van der Waals surface area contributed by atoms with Gasteiger partial charge in [-0.3, -0.25) is 0 Å². The molecule has 13 heavy (non-hydrogen) atoms. The zero-order valence-electron chi connectivity index (χ0n) is 7.07. The Balaban J connectivity index is 2.20. The van der Waals surface area contributed by atoms with Gasteiger partial charge in [-0.15, -0.1) is 0 Å². The van der Waals surface area contributed by atoms with Crippen molar-refractivity contribution in [2.75, 3.05) is 12.3 Å². The molecule has 0 aliphatic rings. The average molecular weight is 222 g/mol. The van der Waals surface area contributed by atoms with Crippen LogP contribution in [0, 0.1) is 0 Å². The summed E-state index contributed by atoms with van der Waals surface area (Å²) in [5.41, 5.74) is 5.25. The topological polar surface area (TPSA) is 59.4 Å². The summed E-state index contributed by atoms with van der Waals surface area (Å²) >= 11 is 7.15. The summed E-state index contributed by atoms with van der Waals surface area (Å²) in [4.78, 5) is 0. The van der Waals surface area contributed by atoms with E-state index in [-0.39, 0.29) is 0 Å². The first-order chi connectivity index (χ1) is 6.22. The highest BCUT2D eigenvalue weighted by Gasteiger charge is 2.03. The minimum atomic E-state index is -0.435.